The summed E-state index contributed by atoms with van der Waals surface area (Å²) >= 11 is 6.52. The van der Waals surface area contributed by atoms with Crippen LogP contribution in [0.4, 0.5) is 5.69 Å². The molecule has 0 aliphatic carbocycles. The lowest BCUT2D eigenvalue weighted by Gasteiger charge is -2.14. The smallest absolute Gasteiger partial charge is 0.338 e. The molecule has 1 N–H and O–H groups in total. The maximum Gasteiger partial charge on any atom is 0.338 e. The molecular formula is C27H22N2O4S2. The van der Waals surface area contributed by atoms with Crippen molar-refractivity contribution >= 4 is 57.8 Å². The molecule has 3 aromatic rings. The Balaban J connectivity index is 1.38. The van der Waals surface area contributed by atoms with Gasteiger partial charge in [-0.05, 0) is 54.0 Å². The molecule has 8 heteroatoms. The number of carbonyl (C=O) groups is 3. The van der Waals surface area contributed by atoms with E-state index < -0.39 is 11.9 Å². The third-order valence-electron chi connectivity index (χ3n) is 5.17. The molecule has 1 aliphatic rings. The van der Waals surface area contributed by atoms with Gasteiger partial charge < -0.3 is 10.1 Å². The van der Waals surface area contributed by atoms with Crippen LogP contribution >= 0.6 is 24.0 Å². The van der Waals surface area contributed by atoms with Gasteiger partial charge in [-0.3, -0.25) is 14.5 Å². The van der Waals surface area contributed by atoms with Crippen LogP contribution in [0.2, 0.25) is 0 Å². The zero-order valence-corrected chi connectivity index (χ0v) is 20.5. The number of nitrogens with one attached hydrogen (secondary N) is 1. The minimum Gasteiger partial charge on any atom is -0.462 e. The van der Waals surface area contributed by atoms with Crippen molar-refractivity contribution in [3.8, 4) is 11.1 Å². The minimum absolute atomic E-state index is 0.200. The molecule has 176 valence electrons. The molecule has 0 spiro atoms. The summed E-state index contributed by atoms with van der Waals surface area (Å²) in [6.07, 6.45) is 1.78. The van der Waals surface area contributed by atoms with E-state index in [2.05, 4.69) is 5.32 Å². The third-order valence-corrected chi connectivity index (χ3v) is 6.55. The molecule has 1 aliphatic heterocycles. The summed E-state index contributed by atoms with van der Waals surface area (Å²) in [7, 11) is 0. The number of anilines is 1. The monoisotopic (exact) mass is 502 g/mol. The first-order chi connectivity index (χ1) is 16.9. The summed E-state index contributed by atoms with van der Waals surface area (Å²) in [5, 5.41) is 2.72. The second-order valence-electron chi connectivity index (χ2n) is 7.60. The zero-order valence-electron chi connectivity index (χ0n) is 18.9. The Morgan fingerprint density at radius 3 is 2.29 bits per heavy atom. The topological polar surface area (TPSA) is 75.7 Å². The lowest BCUT2D eigenvalue weighted by Crippen LogP contribution is -2.36. The van der Waals surface area contributed by atoms with Crippen LogP contribution in [0.25, 0.3) is 17.2 Å². The van der Waals surface area contributed by atoms with Crippen molar-refractivity contribution in [2.24, 2.45) is 0 Å². The van der Waals surface area contributed by atoms with E-state index in [1.54, 1.807) is 37.3 Å². The minimum atomic E-state index is -0.426. The fraction of sp³-hybridized carbons (Fsp3) is 0.111. The molecule has 3 aromatic carbocycles. The molecule has 0 bridgehead atoms. The van der Waals surface area contributed by atoms with Crippen LogP contribution in [0.15, 0.2) is 83.8 Å². The molecule has 0 atom stereocenters. The maximum atomic E-state index is 12.9. The molecule has 0 radical (unpaired) electrons. The number of carbonyl (C=O) groups excluding carboxylic acids is 3. The first-order valence-electron chi connectivity index (χ1n) is 10.9. The molecule has 0 unspecified atom stereocenters. The molecule has 0 aromatic heterocycles. The predicted molar refractivity (Wildman–Crippen MR) is 143 cm³/mol. The molecule has 6 nitrogen and oxygen atoms in total. The third kappa shape index (κ3) is 6.03. The van der Waals surface area contributed by atoms with E-state index in [-0.39, 0.29) is 19.1 Å². The van der Waals surface area contributed by atoms with E-state index >= 15 is 0 Å². The highest BCUT2D eigenvalue weighted by Gasteiger charge is 2.33. The summed E-state index contributed by atoms with van der Waals surface area (Å²) in [5.41, 5.74) is 3.97. The van der Waals surface area contributed by atoms with Gasteiger partial charge in [0.05, 0.1) is 17.1 Å². The number of esters is 1. The van der Waals surface area contributed by atoms with Crippen LogP contribution in [0.1, 0.15) is 22.8 Å². The summed E-state index contributed by atoms with van der Waals surface area (Å²) in [4.78, 5) is 38.9. The van der Waals surface area contributed by atoms with Crippen LogP contribution in [0, 0.1) is 0 Å². The Kier molecular flexibility index (Phi) is 7.74. The van der Waals surface area contributed by atoms with Crippen molar-refractivity contribution < 1.29 is 19.1 Å². The fourth-order valence-corrected chi connectivity index (χ4v) is 4.69. The first kappa shape index (κ1) is 24.4. The zero-order chi connectivity index (χ0) is 24.8. The number of benzene rings is 3. The summed E-state index contributed by atoms with van der Waals surface area (Å²) in [6.45, 7) is 1.82. The van der Waals surface area contributed by atoms with Crippen molar-refractivity contribution in [3.63, 3.8) is 0 Å². The first-order valence-corrected chi connectivity index (χ1v) is 12.1. The number of amides is 2. The number of thioether (sulfide) groups is 1. The van der Waals surface area contributed by atoms with Gasteiger partial charge in [0.25, 0.3) is 5.91 Å². The van der Waals surface area contributed by atoms with Gasteiger partial charge in [-0.2, -0.15) is 0 Å². The number of hydrogen-bond acceptors (Lipinski definition) is 6. The molecule has 0 saturated carbocycles. The van der Waals surface area contributed by atoms with Gasteiger partial charge in [-0.25, -0.2) is 4.79 Å². The molecular weight excluding hydrogens is 480 g/mol. The lowest BCUT2D eigenvalue weighted by molar-refractivity contribution is -0.126. The van der Waals surface area contributed by atoms with Crippen molar-refractivity contribution in [1.82, 2.24) is 4.90 Å². The number of ether oxygens (including phenoxy) is 1. The van der Waals surface area contributed by atoms with E-state index in [9.17, 15) is 14.4 Å². The highest BCUT2D eigenvalue weighted by Crippen LogP contribution is 2.32. The Morgan fingerprint density at radius 1 is 0.971 bits per heavy atom. The number of thiocarbonyl (C=S) groups is 1. The van der Waals surface area contributed by atoms with Crippen molar-refractivity contribution in [1.29, 1.82) is 0 Å². The SMILES string of the molecule is CCOC(=O)c1ccc(NC(=O)CN2C(=O)/C(=C/c3ccc(-c4ccccc4)cc3)SC2=S)cc1. The Labute approximate surface area is 213 Å². The number of hydrogen-bond donors (Lipinski definition) is 1. The van der Waals surface area contributed by atoms with Crippen LogP contribution in [-0.4, -0.2) is 40.2 Å². The predicted octanol–water partition coefficient (Wildman–Crippen LogP) is 5.37. The molecule has 4 rings (SSSR count). The number of rotatable bonds is 7. The highest BCUT2D eigenvalue weighted by molar-refractivity contribution is 8.26. The van der Waals surface area contributed by atoms with E-state index in [0.717, 1.165) is 16.7 Å². The highest BCUT2D eigenvalue weighted by atomic mass is 32.2. The molecule has 1 heterocycles. The van der Waals surface area contributed by atoms with Gasteiger partial charge in [0.2, 0.25) is 5.91 Å². The van der Waals surface area contributed by atoms with Crippen LogP contribution in [0.3, 0.4) is 0 Å². The second kappa shape index (κ2) is 11.1. The molecule has 35 heavy (non-hydrogen) atoms. The van der Waals surface area contributed by atoms with E-state index in [4.69, 9.17) is 17.0 Å². The number of nitrogens with zero attached hydrogens (tertiary/aromatic N) is 1. The van der Waals surface area contributed by atoms with Gasteiger partial charge in [0.15, 0.2) is 0 Å². The van der Waals surface area contributed by atoms with Crippen molar-refractivity contribution in [2.75, 3.05) is 18.5 Å². The average Bonchev–Trinajstić information content (AvgIpc) is 3.13. The van der Waals surface area contributed by atoms with Crippen molar-refractivity contribution in [2.45, 2.75) is 6.92 Å². The fourth-order valence-electron chi connectivity index (χ4n) is 3.44. The van der Waals surface area contributed by atoms with E-state index in [0.29, 0.717) is 20.5 Å². The van der Waals surface area contributed by atoms with E-state index in [1.165, 1.54) is 16.7 Å². The molecule has 1 fully saturated rings. The van der Waals surface area contributed by atoms with Crippen LogP contribution in [0.5, 0.6) is 0 Å². The van der Waals surface area contributed by atoms with Crippen molar-refractivity contribution in [3.05, 3.63) is 94.9 Å². The quantitative estimate of drug-likeness (QED) is 0.266. The van der Waals surface area contributed by atoms with Gasteiger partial charge in [-0.15, -0.1) is 0 Å². The largest absolute Gasteiger partial charge is 0.462 e. The van der Waals surface area contributed by atoms with Gasteiger partial charge >= 0.3 is 5.97 Å². The Morgan fingerprint density at radius 2 is 1.63 bits per heavy atom. The maximum absolute atomic E-state index is 12.9. The average molecular weight is 503 g/mol. The van der Waals surface area contributed by atoms with E-state index in [1.807, 2.05) is 54.6 Å². The normalized spacial score (nSPS) is 14.3. The van der Waals surface area contributed by atoms with Gasteiger partial charge in [0.1, 0.15) is 10.9 Å². The standard InChI is InChI=1S/C27H22N2O4S2/c1-2-33-26(32)21-12-14-22(15-13-21)28-24(30)17-29-25(31)23(35-27(29)34)16-18-8-10-20(11-9-18)19-6-4-3-5-7-19/h3-16H,2,17H2,1H3,(H,28,30)/b23-16-. The Bertz CT molecular complexity index is 1290. The lowest BCUT2D eigenvalue weighted by atomic mass is 10.0. The Hall–Kier alpha value is -3.75. The molecule has 1 saturated heterocycles. The van der Waals surface area contributed by atoms with Crippen LogP contribution in [-0.2, 0) is 14.3 Å². The van der Waals surface area contributed by atoms with Gasteiger partial charge in [0, 0.05) is 5.69 Å². The van der Waals surface area contributed by atoms with Crippen LogP contribution < -0.4 is 5.32 Å². The summed E-state index contributed by atoms with van der Waals surface area (Å²) in [5.74, 6) is -1.12. The molecule has 2 amide bonds. The van der Waals surface area contributed by atoms with Gasteiger partial charge in [-0.1, -0.05) is 78.6 Å². The second-order valence-corrected chi connectivity index (χ2v) is 9.28. The summed E-state index contributed by atoms with van der Waals surface area (Å²) in [6, 6.07) is 24.3. The summed E-state index contributed by atoms with van der Waals surface area (Å²) < 4.78 is 5.28.